The van der Waals surface area contributed by atoms with Crippen molar-refractivity contribution in [1.82, 2.24) is 5.32 Å². The van der Waals surface area contributed by atoms with E-state index in [2.05, 4.69) is 12.2 Å². The monoisotopic (exact) mass is 275 g/mol. The van der Waals surface area contributed by atoms with Crippen molar-refractivity contribution in [3.8, 4) is 0 Å². The van der Waals surface area contributed by atoms with E-state index in [0.717, 1.165) is 11.5 Å². The first-order valence-corrected chi connectivity index (χ1v) is 7.84. The average Bonchev–Trinajstić information content (AvgIpc) is 2.41. The Morgan fingerprint density at radius 3 is 2.40 bits per heavy atom. The van der Waals surface area contributed by atoms with E-state index in [1.807, 2.05) is 18.2 Å². The van der Waals surface area contributed by atoms with E-state index in [9.17, 15) is 10.0 Å². The summed E-state index contributed by atoms with van der Waals surface area (Å²) in [6.45, 7) is 3.07. The van der Waals surface area contributed by atoms with Gasteiger partial charge >= 0.3 is 7.12 Å². The van der Waals surface area contributed by atoms with E-state index < -0.39 is 7.12 Å². The highest BCUT2D eigenvalue weighted by atomic mass is 16.4. The summed E-state index contributed by atoms with van der Waals surface area (Å²) in [5.41, 5.74) is 1.59. The highest BCUT2D eigenvalue weighted by Crippen LogP contribution is 2.22. The number of hydrogen-bond donors (Lipinski definition) is 3. The second-order valence-electron chi connectivity index (χ2n) is 6.12. The summed E-state index contributed by atoms with van der Waals surface area (Å²) in [7, 11) is -1.38. The van der Waals surface area contributed by atoms with Crippen LogP contribution in [0.3, 0.4) is 0 Å². The van der Waals surface area contributed by atoms with Crippen molar-refractivity contribution in [2.24, 2.45) is 5.92 Å². The summed E-state index contributed by atoms with van der Waals surface area (Å²) in [6.07, 6.45) is 7.73. The Labute approximate surface area is 122 Å². The Balaban J connectivity index is 1.88. The molecule has 3 N–H and O–H groups in total. The van der Waals surface area contributed by atoms with Gasteiger partial charge < -0.3 is 15.4 Å². The van der Waals surface area contributed by atoms with Crippen LogP contribution in [0.15, 0.2) is 24.3 Å². The first kappa shape index (κ1) is 15.6. The molecule has 1 aliphatic rings. The molecule has 0 aliphatic heterocycles. The molecule has 1 aromatic carbocycles. The zero-order chi connectivity index (χ0) is 14.4. The molecule has 0 bridgehead atoms. The quantitative estimate of drug-likeness (QED) is 0.735. The third-order valence-corrected chi connectivity index (χ3v) is 4.41. The van der Waals surface area contributed by atoms with Crippen molar-refractivity contribution in [3.63, 3.8) is 0 Å². The standard InChI is InChI=1S/C16H26BNO2/c1-13-6-4-9-15(10-5-7-13)18-12-14-8-2-3-11-16(14)17(19)20/h2-3,8,11,13,15,18-20H,4-7,9-10,12H2,1H3. The van der Waals surface area contributed by atoms with E-state index in [-0.39, 0.29) is 0 Å². The van der Waals surface area contributed by atoms with Gasteiger partial charge in [-0.1, -0.05) is 56.9 Å². The maximum atomic E-state index is 9.38. The van der Waals surface area contributed by atoms with E-state index >= 15 is 0 Å². The van der Waals surface area contributed by atoms with Gasteiger partial charge in [-0.05, 0) is 29.8 Å². The van der Waals surface area contributed by atoms with Crippen LogP contribution in [0.2, 0.25) is 0 Å². The van der Waals surface area contributed by atoms with E-state index in [1.54, 1.807) is 6.07 Å². The first-order valence-electron chi connectivity index (χ1n) is 7.84. The van der Waals surface area contributed by atoms with Crippen molar-refractivity contribution >= 4 is 12.6 Å². The largest absolute Gasteiger partial charge is 0.488 e. The van der Waals surface area contributed by atoms with Gasteiger partial charge in [0.15, 0.2) is 0 Å². The van der Waals surface area contributed by atoms with Crippen molar-refractivity contribution in [3.05, 3.63) is 29.8 Å². The lowest BCUT2D eigenvalue weighted by Gasteiger charge is -2.24. The van der Waals surface area contributed by atoms with Gasteiger partial charge in [-0.15, -0.1) is 0 Å². The topological polar surface area (TPSA) is 52.5 Å². The summed E-state index contributed by atoms with van der Waals surface area (Å²) >= 11 is 0. The average molecular weight is 275 g/mol. The molecule has 20 heavy (non-hydrogen) atoms. The van der Waals surface area contributed by atoms with Crippen LogP contribution in [-0.2, 0) is 6.54 Å². The number of benzene rings is 1. The first-order chi connectivity index (χ1) is 9.66. The van der Waals surface area contributed by atoms with Crippen LogP contribution in [0.1, 0.15) is 51.0 Å². The zero-order valence-electron chi connectivity index (χ0n) is 12.4. The third kappa shape index (κ3) is 4.62. The van der Waals surface area contributed by atoms with Crippen LogP contribution in [-0.4, -0.2) is 23.2 Å². The minimum atomic E-state index is -1.38. The van der Waals surface area contributed by atoms with Crippen molar-refractivity contribution in [2.75, 3.05) is 0 Å². The summed E-state index contributed by atoms with van der Waals surface area (Å²) in [4.78, 5) is 0. The van der Waals surface area contributed by atoms with Gasteiger partial charge in [0, 0.05) is 12.6 Å². The van der Waals surface area contributed by atoms with Crippen LogP contribution in [0.4, 0.5) is 0 Å². The summed E-state index contributed by atoms with van der Waals surface area (Å²) < 4.78 is 0. The molecular weight excluding hydrogens is 249 g/mol. The molecule has 0 amide bonds. The normalized spacial score (nSPS) is 23.9. The van der Waals surface area contributed by atoms with E-state index in [1.165, 1.54) is 38.5 Å². The molecule has 0 spiro atoms. The van der Waals surface area contributed by atoms with Gasteiger partial charge in [0.25, 0.3) is 0 Å². The van der Waals surface area contributed by atoms with Crippen LogP contribution < -0.4 is 10.8 Å². The lowest BCUT2D eigenvalue weighted by atomic mass is 9.77. The lowest BCUT2D eigenvalue weighted by Crippen LogP contribution is -2.37. The Morgan fingerprint density at radius 2 is 1.75 bits per heavy atom. The number of nitrogens with one attached hydrogen (secondary N) is 1. The van der Waals surface area contributed by atoms with Gasteiger partial charge in [0.05, 0.1) is 0 Å². The van der Waals surface area contributed by atoms with E-state index in [0.29, 0.717) is 18.0 Å². The predicted octanol–water partition coefficient (Wildman–Crippen LogP) is 1.81. The van der Waals surface area contributed by atoms with Crippen LogP contribution in [0.25, 0.3) is 0 Å². The van der Waals surface area contributed by atoms with Crippen molar-refractivity contribution in [1.29, 1.82) is 0 Å². The molecule has 110 valence electrons. The Kier molecular flexibility index (Phi) is 6.08. The molecule has 0 unspecified atom stereocenters. The molecule has 1 fully saturated rings. The summed E-state index contributed by atoms with van der Waals surface area (Å²) in [5.74, 6) is 0.876. The fraction of sp³-hybridized carbons (Fsp3) is 0.625. The van der Waals surface area contributed by atoms with Gasteiger partial charge in [-0.2, -0.15) is 0 Å². The molecule has 0 saturated heterocycles. The van der Waals surface area contributed by atoms with E-state index in [4.69, 9.17) is 0 Å². The SMILES string of the molecule is CC1CCCC(NCc2ccccc2B(O)O)CCC1. The Morgan fingerprint density at radius 1 is 1.10 bits per heavy atom. The van der Waals surface area contributed by atoms with Gasteiger partial charge in [-0.3, -0.25) is 0 Å². The molecule has 4 heteroatoms. The molecular formula is C16H26BNO2. The van der Waals surface area contributed by atoms with Gasteiger partial charge in [0.2, 0.25) is 0 Å². The molecule has 0 radical (unpaired) electrons. The highest BCUT2D eigenvalue weighted by Gasteiger charge is 2.17. The maximum absolute atomic E-state index is 9.38. The minimum Gasteiger partial charge on any atom is -0.423 e. The molecule has 3 nitrogen and oxygen atoms in total. The smallest absolute Gasteiger partial charge is 0.423 e. The summed E-state index contributed by atoms with van der Waals surface area (Å²) in [5, 5.41) is 22.4. The zero-order valence-corrected chi connectivity index (χ0v) is 12.4. The lowest BCUT2D eigenvalue weighted by molar-refractivity contribution is 0.342. The molecule has 2 rings (SSSR count). The molecule has 1 aromatic rings. The Bertz CT molecular complexity index is 401. The minimum absolute atomic E-state index is 0.561. The predicted molar refractivity (Wildman–Crippen MR) is 83.8 cm³/mol. The molecule has 0 aromatic heterocycles. The van der Waals surface area contributed by atoms with Gasteiger partial charge in [0.1, 0.15) is 0 Å². The van der Waals surface area contributed by atoms with Crippen molar-refractivity contribution < 1.29 is 10.0 Å². The fourth-order valence-electron chi connectivity index (χ4n) is 3.12. The second kappa shape index (κ2) is 7.82. The fourth-order valence-corrected chi connectivity index (χ4v) is 3.12. The van der Waals surface area contributed by atoms with Crippen LogP contribution in [0, 0.1) is 5.92 Å². The maximum Gasteiger partial charge on any atom is 0.488 e. The third-order valence-electron chi connectivity index (χ3n) is 4.41. The van der Waals surface area contributed by atoms with Crippen LogP contribution >= 0.6 is 0 Å². The molecule has 1 saturated carbocycles. The molecule has 1 aliphatic carbocycles. The van der Waals surface area contributed by atoms with Crippen LogP contribution in [0.5, 0.6) is 0 Å². The highest BCUT2D eigenvalue weighted by molar-refractivity contribution is 6.59. The summed E-state index contributed by atoms with van der Waals surface area (Å²) in [6, 6.07) is 8.10. The number of hydrogen-bond acceptors (Lipinski definition) is 3. The second-order valence-corrected chi connectivity index (χ2v) is 6.12. The van der Waals surface area contributed by atoms with Gasteiger partial charge in [-0.25, -0.2) is 0 Å². The molecule has 0 atom stereocenters. The van der Waals surface area contributed by atoms with Crippen molar-refractivity contribution in [2.45, 2.75) is 58.0 Å². The number of rotatable bonds is 4. The molecule has 0 heterocycles. The Hall–Kier alpha value is -0.835.